The number of hydrogen-bond acceptors (Lipinski definition) is 4. The van der Waals surface area contributed by atoms with E-state index in [1.165, 1.54) is 7.11 Å². The topological polar surface area (TPSA) is 70.4 Å². The van der Waals surface area contributed by atoms with Crippen LogP contribution in [0.4, 0.5) is 0 Å². The van der Waals surface area contributed by atoms with Crippen LogP contribution in [-0.4, -0.2) is 29.9 Å². The number of carbonyl (C=O) groups excluding carboxylic acids is 2. The number of nitrogens with zero attached hydrogens (tertiary/aromatic N) is 2. The second-order valence-corrected chi connectivity index (χ2v) is 8.07. The number of esters is 1. The van der Waals surface area contributed by atoms with Crippen LogP contribution in [0.15, 0.2) is 48.5 Å². The van der Waals surface area contributed by atoms with Gasteiger partial charge in [-0.2, -0.15) is 5.26 Å². The molecule has 1 amide bonds. The largest absolute Gasteiger partial charge is 0.469 e. The molecule has 0 aliphatic rings. The van der Waals surface area contributed by atoms with Gasteiger partial charge >= 0.3 is 5.97 Å². The highest BCUT2D eigenvalue weighted by Gasteiger charge is 2.28. The highest BCUT2D eigenvalue weighted by Crippen LogP contribution is 2.25. The number of hydrogen-bond donors (Lipinski definition) is 0. The van der Waals surface area contributed by atoms with Crippen LogP contribution < -0.4 is 0 Å². The molecule has 1 unspecified atom stereocenters. The molecule has 0 bridgehead atoms. The molecule has 31 heavy (non-hydrogen) atoms. The van der Waals surface area contributed by atoms with Crippen molar-refractivity contribution in [1.82, 2.24) is 4.90 Å². The van der Waals surface area contributed by atoms with Crippen molar-refractivity contribution in [3.8, 4) is 17.2 Å². The van der Waals surface area contributed by atoms with E-state index in [0.29, 0.717) is 18.5 Å². The highest BCUT2D eigenvalue weighted by molar-refractivity contribution is 5.78. The Balaban J connectivity index is 2.29. The predicted molar refractivity (Wildman–Crippen MR) is 122 cm³/mol. The third kappa shape index (κ3) is 6.68. The Labute approximate surface area is 185 Å². The minimum absolute atomic E-state index is 0.0587. The zero-order valence-electron chi connectivity index (χ0n) is 18.9. The molecule has 0 fully saturated rings. The quantitative estimate of drug-likeness (QED) is 0.487. The number of unbranched alkanes of at least 4 members (excludes halogenated alkanes) is 1. The van der Waals surface area contributed by atoms with Crippen LogP contribution in [0.5, 0.6) is 0 Å². The molecule has 0 aliphatic heterocycles. The molecule has 0 spiro atoms. The van der Waals surface area contributed by atoms with Gasteiger partial charge in [-0.1, -0.05) is 69.7 Å². The van der Waals surface area contributed by atoms with Crippen LogP contribution in [0, 0.1) is 17.2 Å². The van der Waals surface area contributed by atoms with Crippen LogP contribution in [0.2, 0.25) is 0 Å². The molecule has 164 valence electrons. The summed E-state index contributed by atoms with van der Waals surface area (Å²) in [6, 6.07) is 17.4. The first kappa shape index (κ1) is 24.1. The van der Waals surface area contributed by atoms with Crippen molar-refractivity contribution in [3.05, 3.63) is 59.7 Å². The third-order valence-electron chi connectivity index (χ3n) is 5.50. The van der Waals surface area contributed by atoms with E-state index < -0.39 is 0 Å². The van der Waals surface area contributed by atoms with E-state index in [1.54, 1.807) is 6.07 Å². The van der Waals surface area contributed by atoms with Crippen LogP contribution in [0.25, 0.3) is 11.1 Å². The fraction of sp³-hybridized carbons (Fsp3) is 0.423. The summed E-state index contributed by atoms with van der Waals surface area (Å²) in [5, 5.41) is 9.36. The second-order valence-electron chi connectivity index (χ2n) is 8.07. The van der Waals surface area contributed by atoms with E-state index in [1.807, 2.05) is 61.2 Å². The molecule has 0 saturated heterocycles. The van der Waals surface area contributed by atoms with Gasteiger partial charge in [-0.25, -0.2) is 0 Å². The van der Waals surface area contributed by atoms with Gasteiger partial charge < -0.3 is 9.64 Å². The molecule has 0 heterocycles. The van der Waals surface area contributed by atoms with Gasteiger partial charge in [0.1, 0.15) is 0 Å². The number of rotatable bonds is 10. The summed E-state index contributed by atoms with van der Waals surface area (Å²) in [5.41, 5.74) is 3.46. The van der Waals surface area contributed by atoms with Crippen LogP contribution in [0.3, 0.4) is 0 Å². The van der Waals surface area contributed by atoms with Crippen molar-refractivity contribution >= 4 is 11.9 Å². The third-order valence-corrected chi connectivity index (χ3v) is 5.50. The van der Waals surface area contributed by atoms with Gasteiger partial charge in [0.05, 0.1) is 25.2 Å². The molecule has 0 aliphatic carbocycles. The highest BCUT2D eigenvalue weighted by atomic mass is 16.5. The number of ether oxygens (including phenoxy) is 1. The number of carbonyl (C=O) groups is 2. The Morgan fingerprint density at radius 1 is 1.10 bits per heavy atom. The Bertz CT molecular complexity index is 913. The van der Waals surface area contributed by atoms with Crippen LogP contribution in [0.1, 0.15) is 57.6 Å². The summed E-state index contributed by atoms with van der Waals surface area (Å²) in [7, 11) is 1.38. The van der Waals surface area contributed by atoms with Crippen LogP contribution >= 0.6 is 0 Å². The van der Waals surface area contributed by atoms with Crippen LogP contribution in [-0.2, 0) is 20.9 Å². The van der Waals surface area contributed by atoms with Crippen molar-refractivity contribution < 1.29 is 14.3 Å². The van der Waals surface area contributed by atoms with E-state index in [-0.39, 0.29) is 30.3 Å². The first-order valence-electron chi connectivity index (χ1n) is 10.9. The normalized spacial score (nSPS) is 11.6. The number of benzene rings is 2. The predicted octanol–water partition coefficient (Wildman–Crippen LogP) is 5.33. The summed E-state index contributed by atoms with van der Waals surface area (Å²) in [6.45, 7) is 6.54. The van der Waals surface area contributed by atoms with Gasteiger partial charge in [-0.15, -0.1) is 0 Å². The maximum Gasteiger partial charge on any atom is 0.307 e. The smallest absolute Gasteiger partial charge is 0.307 e. The maximum atomic E-state index is 13.0. The Morgan fingerprint density at radius 2 is 1.77 bits per heavy atom. The molecule has 5 heteroatoms. The Hall–Kier alpha value is -3.13. The fourth-order valence-corrected chi connectivity index (χ4v) is 3.64. The lowest BCUT2D eigenvalue weighted by atomic mass is 9.96. The lowest BCUT2D eigenvalue weighted by molar-refractivity contribution is -0.145. The minimum Gasteiger partial charge on any atom is -0.469 e. The molecule has 2 rings (SSSR count). The molecule has 0 aromatic heterocycles. The lowest BCUT2D eigenvalue weighted by Gasteiger charge is -2.34. The maximum absolute atomic E-state index is 13.0. The molecule has 2 aromatic rings. The second kappa shape index (κ2) is 11.9. The molecule has 1 atom stereocenters. The van der Waals surface area contributed by atoms with Gasteiger partial charge in [0, 0.05) is 19.0 Å². The molecular formula is C26H32N2O3. The molecule has 5 nitrogen and oxygen atoms in total. The first-order chi connectivity index (χ1) is 14.9. The molecular weight excluding hydrogens is 388 g/mol. The van der Waals surface area contributed by atoms with E-state index in [0.717, 1.165) is 29.5 Å². The average molecular weight is 421 g/mol. The molecule has 0 saturated carbocycles. The molecule has 0 radical (unpaired) electrons. The van der Waals surface area contributed by atoms with Crippen molar-refractivity contribution in [2.75, 3.05) is 7.11 Å². The number of methoxy groups -OCH3 is 1. The van der Waals surface area contributed by atoms with E-state index in [4.69, 9.17) is 4.74 Å². The van der Waals surface area contributed by atoms with Crippen molar-refractivity contribution in [3.63, 3.8) is 0 Å². The lowest BCUT2D eigenvalue weighted by Crippen LogP contribution is -2.44. The van der Waals surface area contributed by atoms with E-state index in [9.17, 15) is 14.9 Å². The summed E-state index contributed by atoms with van der Waals surface area (Å²) in [4.78, 5) is 26.9. The van der Waals surface area contributed by atoms with Crippen molar-refractivity contribution in [2.45, 2.75) is 59.0 Å². The summed E-state index contributed by atoms with van der Waals surface area (Å²) in [5.74, 6) is -0.134. The Morgan fingerprint density at radius 3 is 2.35 bits per heavy atom. The standard InChI is InChI=1S/C26H32N2O3/c1-5-6-11-25(29)28(24(19(2)3)16-26(30)31-4)18-20-12-14-21(15-13-20)23-10-8-7-9-22(23)17-27/h7-10,12-15,19,24H,5-6,11,16,18H2,1-4H3. The van der Waals surface area contributed by atoms with E-state index in [2.05, 4.69) is 13.0 Å². The average Bonchev–Trinajstić information content (AvgIpc) is 2.79. The summed E-state index contributed by atoms with van der Waals surface area (Å²) >= 11 is 0. The number of amides is 1. The first-order valence-corrected chi connectivity index (χ1v) is 10.9. The van der Waals surface area contributed by atoms with E-state index >= 15 is 0 Å². The Kier molecular flexibility index (Phi) is 9.27. The molecule has 2 aromatic carbocycles. The zero-order valence-corrected chi connectivity index (χ0v) is 18.9. The summed E-state index contributed by atoms with van der Waals surface area (Å²) < 4.78 is 4.88. The van der Waals surface area contributed by atoms with Crippen molar-refractivity contribution in [1.29, 1.82) is 5.26 Å². The van der Waals surface area contributed by atoms with Crippen molar-refractivity contribution in [2.24, 2.45) is 5.92 Å². The number of nitriles is 1. The monoisotopic (exact) mass is 420 g/mol. The zero-order chi connectivity index (χ0) is 22.8. The van der Waals surface area contributed by atoms with Gasteiger partial charge in [0.2, 0.25) is 5.91 Å². The van der Waals surface area contributed by atoms with Gasteiger partial charge in [-0.3, -0.25) is 9.59 Å². The summed E-state index contributed by atoms with van der Waals surface area (Å²) in [6.07, 6.45) is 2.41. The SMILES string of the molecule is CCCCC(=O)N(Cc1ccc(-c2ccccc2C#N)cc1)C(CC(=O)OC)C(C)C. The van der Waals surface area contributed by atoms with Gasteiger partial charge in [0.25, 0.3) is 0 Å². The molecule has 0 N–H and O–H groups in total. The van der Waals surface area contributed by atoms with Gasteiger partial charge in [0.15, 0.2) is 0 Å². The van der Waals surface area contributed by atoms with Gasteiger partial charge in [-0.05, 0) is 35.1 Å². The fourth-order valence-electron chi connectivity index (χ4n) is 3.64. The minimum atomic E-state index is -0.310.